The molecule has 2 heterocycles. The van der Waals surface area contributed by atoms with Crippen LogP contribution >= 0.6 is 11.8 Å². The van der Waals surface area contributed by atoms with E-state index in [2.05, 4.69) is 0 Å². The van der Waals surface area contributed by atoms with Crippen LogP contribution in [0.5, 0.6) is 0 Å². The first-order valence-electron chi connectivity index (χ1n) is 5.18. The summed E-state index contributed by atoms with van der Waals surface area (Å²) in [6.07, 6.45) is 1.25. The molecule has 2 rings (SSSR count). The van der Waals surface area contributed by atoms with E-state index in [0.717, 1.165) is 26.1 Å². The highest BCUT2D eigenvalue weighted by Gasteiger charge is 2.38. The SMILES string of the molecule is O=S1(=O)CC(O)C(SC2CCOCC2)C1. The first kappa shape index (κ1) is 11.7. The van der Waals surface area contributed by atoms with E-state index in [1.54, 1.807) is 11.8 Å². The molecule has 2 aliphatic rings. The van der Waals surface area contributed by atoms with E-state index in [1.165, 1.54) is 0 Å². The van der Waals surface area contributed by atoms with E-state index >= 15 is 0 Å². The molecule has 88 valence electrons. The van der Waals surface area contributed by atoms with Gasteiger partial charge >= 0.3 is 0 Å². The Labute approximate surface area is 94.3 Å². The molecular formula is C9H16O4S2. The molecular weight excluding hydrogens is 236 g/mol. The maximum absolute atomic E-state index is 11.3. The van der Waals surface area contributed by atoms with Crippen molar-refractivity contribution in [3.05, 3.63) is 0 Å². The Hall–Kier alpha value is 0.220. The van der Waals surface area contributed by atoms with Crippen LogP contribution in [-0.4, -0.2) is 54.8 Å². The Balaban J connectivity index is 1.89. The monoisotopic (exact) mass is 252 g/mol. The third-order valence-electron chi connectivity index (χ3n) is 2.81. The highest BCUT2D eigenvalue weighted by atomic mass is 32.2. The van der Waals surface area contributed by atoms with Crippen LogP contribution in [0.4, 0.5) is 0 Å². The van der Waals surface area contributed by atoms with Gasteiger partial charge in [0, 0.05) is 23.7 Å². The second-order valence-electron chi connectivity index (χ2n) is 4.13. The molecule has 0 aromatic rings. The minimum absolute atomic E-state index is 0.0616. The van der Waals surface area contributed by atoms with Crippen LogP contribution < -0.4 is 0 Å². The number of ether oxygens (including phenoxy) is 1. The molecule has 0 spiro atoms. The second kappa shape index (κ2) is 4.61. The summed E-state index contributed by atoms with van der Waals surface area (Å²) in [5, 5.41) is 9.95. The third kappa shape index (κ3) is 3.09. The van der Waals surface area contributed by atoms with Crippen molar-refractivity contribution < 1.29 is 18.3 Å². The molecule has 2 aliphatic heterocycles. The van der Waals surface area contributed by atoms with Crippen molar-refractivity contribution >= 4 is 21.6 Å². The quantitative estimate of drug-likeness (QED) is 0.753. The molecule has 0 saturated carbocycles. The minimum Gasteiger partial charge on any atom is -0.391 e. The first-order valence-corrected chi connectivity index (χ1v) is 7.95. The molecule has 15 heavy (non-hydrogen) atoms. The van der Waals surface area contributed by atoms with Gasteiger partial charge in [0.15, 0.2) is 9.84 Å². The molecule has 1 N–H and O–H groups in total. The lowest BCUT2D eigenvalue weighted by Crippen LogP contribution is -2.26. The largest absolute Gasteiger partial charge is 0.391 e. The summed E-state index contributed by atoms with van der Waals surface area (Å²) < 4.78 is 27.8. The maximum Gasteiger partial charge on any atom is 0.154 e. The average Bonchev–Trinajstić information content (AvgIpc) is 2.41. The van der Waals surface area contributed by atoms with Gasteiger partial charge in [-0.15, -0.1) is 0 Å². The van der Waals surface area contributed by atoms with Crippen LogP contribution in [0.1, 0.15) is 12.8 Å². The molecule has 0 amide bonds. The molecule has 0 radical (unpaired) electrons. The van der Waals surface area contributed by atoms with Gasteiger partial charge in [0.05, 0.1) is 17.6 Å². The molecule has 2 fully saturated rings. The van der Waals surface area contributed by atoms with Crippen molar-refractivity contribution in [1.82, 2.24) is 0 Å². The molecule has 2 saturated heterocycles. The van der Waals surface area contributed by atoms with Gasteiger partial charge < -0.3 is 9.84 Å². The van der Waals surface area contributed by atoms with Crippen molar-refractivity contribution in [3.63, 3.8) is 0 Å². The smallest absolute Gasteiger partial charge is 0.154 e. The molecule has 2 atom stereocenters. The Morgan fingerprint density at radius 1 is 1.20 bits per heavy atom. The first-order chi connectivity index (χ1) is 7.07. The number of aliphatic hydroxyl groups is 1. The van der Waals surface area contributed by atoms with Crippen LogP contribution in [0.3, 0.4) is 0 Å². The van der Waals surface area contributed by atoms with Crippen molar-refractivity contribution in [3.8, 4) is 0 Å². The summed E-state index contributed by atoms with van der Waals surface area (Å²) in [5.41, 5.74) is 0. The maximum atomic E-state index is 11.3. The molecule has 0 bridgehead atoms. The van der Waals surface area contributed by atoms with Crippen molar-refractivity contribution in [2.24, 2.45) is 0 Å². The average molecular weight is 252 g/mol. The molecule has 6 heteroatoms. The summed E-state index contributed by atoms with van der Waals surface area (Å²) in [5.74, 6) is 0.0735. The fourth-order valence-electron chi connectivity index (χ4n) is 1.99. The highest BCUT2D eigenvalue weighted by Crippen LogP contribution is 2.32. The van der Waals surface area contributed by atoms with Gasteiger partial charge in [-0.05, 0) is 12.8 Å². The minimum atomic E-state index is -3.00. The summed E-state index contributed by atoms with van der Waals surface area (Å²) in [7, 11) is -3.00. The van der Waals surface area contributed by atoms with Crippen molar-refractivity contribution in [1.29, 1.82) is 0 Å². The number of hydrogen-bond acceptors (Lipinski definition) is 5. The number of rotatable bonds is 2. The van der Waals surface area contributed by atoms with Gasteiger partial charge in [0.25, 0.3) is 0 Å². The number of aliphatic hydroxyl groups excluding tert-OH is 1. The van der Waals surface area contributed by atoms with Gasteiger partial charge in [0.2, 0.25) is 0 Å². The lowest BCUT2D eigenvalue weighted by atomic mass is 10.2. The van der Waals surface area contributed by atoms with Gasteiger partial charge in [-0.2, -0.15) is 11.8 Å². The molecule has 0 aromatic carbocycles. The fraction of sp³-hybridized carbons (Fsp3) is 1.00. The van der Waals surface area contributed by atoms with Crippen LogP contribution in [-0.2, 0) is 14.6 Å². The van der Waals surface area contributed by atoms with E-state index in [9.17, 15) is 13.5 Å². The van der Waals surface area contributed by atoms with Crippen LogP contribution in [0, 0.1) is 0 Å². The third-order valence-corrected chi connectivity index (χ3v) is 6.42. The predicted molar refractivity (Wildman–Crippen MR) is 59.9 cm³/mol. The summed E-state index contributed by atoms with van der Waals surface area (Å²) in [4.78, 5) is 0. The zero-order valence-corrected chi connectivity index (χ0v) is 10.1. The molecule has 0 aromatic heterocycles. The van der Waals surface area contributed by atoms with E-state index in [1.807, 2.05) is 0 Å². The fourth-order valence-corrected chi connectivity index (χ4v) is 5.89. The van der Waals surface area contributed by atoms with E-state index < -0.39 is 15.9 Å². The summed E-state index contributed by atoms with van der Waals surface area (Å²) in [6.45, 7) is 1.51. The highest BCUT2D eigenvalue weighted by molar-refractivity contribution is 8.02. The van der Waals surface area contributed by atoms with E-state index in [0.29, 0.717) is 5.25 Å². The van der Waals surface area contributed by atoms with E-state index in [4.69, 9.17) is 4.74 Å². The van der Waals surface area contributed by atoms with Gasteiger partial charge in [-0.25, -0.2) is 8.42 Å². The molecule has 0 aliphatic carbocycles. The van der Waals surface area contributed by atoms with Gasteiger partial charge in [-0.3, -0.25) is 0 Å². The Morgan fingerprint density at radius 3 is 2.40 bits per heavy atom. The van der Waals surface area contributed by atoms with Crippen LogP contribution in [0.15, 0.2) is 0 Å². The lowest BCUT2D eigenvalue weighted by Gasteiger charge is -2.25. The zero-order chi connectivity index (χ0) is 10.9. The van der Waals surface area contributed by atoms with Gasteiger partial charge in [-0.1, -0.05) is 0 Å². The number of thioether (sulfide) groups is 1. The van der Waals surface area contributed by atoms with Crippen molar-refractivity contribution in [2.75, 3.05) is 24.7 Å². The number of hydrogen-bond donors (Lipinski definition) is 1. The zero-order valence-electron chi connectivity index (χ0n) is 8.46. The van der Waals surface area contributed by atoms with Crippen molar-refractivity contribution in [2.45, 2.75) is 29.4 Å². The Kier molecular flexibility index (Phi) is 3.59. The summed E-state index contributed by atoms with van der Waals surface area (Å²) in [6, 6.07) is 0. The number of sulfone groups is 1. The lowest BCUT2D eigenvalue weighted by molar-refractivity contribution is 0.0997. The topological polar surface area (TPSA) is 63.6 Å². The summed E-state index contributed by atoms with van der Waals surface area (Å²) >= 11 is 1.63. The standard InChI is InChI=1S/C9H16O4S2/c10-8-5-15(11,12)6-9(8)14-7-1-3-13-4-2-7/h7-10H,1-6H2. The van der Waals surface area contributed by atoms with E-state index in [-0.39, 0.29) is 16.8 Å². The Bertz CT molecular complexity index is 308. The van der Waals surface area contributed by atoms with Gasteiger partial charge in [0.1, 0.15) is 0 Å². The van der Waals surface area contributed by atoms with Crippen LogP contribution in [0.2, 0.25) is 0 Å². The normalized spacial score (nSPS) is 36.9. The second-order valence-corrected chi connectivity index (χ2v) is 7.83. The molecule has 2 unspecified atom stereocenters. The predicted octanol–water partition coefficient (Wildman–Crippen LogP) is 0.0565. The molecule has 4 nitrogen and oxygen atoms in total. The Morgan fingerprint density at radius 2 is 1.87 bits per heavy atom. The van der Waals surface area contributed by atoms with Crippen LogP contribution in [0.25, 0.3) is 0 Å².